The minimum atomic E-state index is -0.191. The maximum Gasteiger partial charge on any atom is 0.258 e. The van der Waals surface area contributed by atoms with Crippen LogP contribution in [0.5, 0.6) is 5.88 Å². The van der Waals surface area contributed by atoms with Gasteiger partial charge in [-0.3, -0.25) is 4.79 Å². The molecule has 1 aliphatic heterocycles. The van der Waals surface area contributed by atoms with Crippen molar-refractivity contribution in [2.45, 2.75) is 20.4 Å². The van der Waals surface area contributed by atoms with E-state index in [9.17, 15) is 4.79 Å². The Labute approximate surface area is 175 Å². The molecule has 1 aliphatic rings. The molecule has 4 rings (SSSR count). The van der Waals surface area contributed by atoms with Crippen molar-refractivity contribution in [3.05, 3.63) is 47.2 Å². The molecule has 0 radical (unpaired) electrons. The monoisotopic (exact) mass is 409 g/mol. The van der Waals surface area contributed by atoms with Crippen LogP contribution in [0.2, 0.25) is 0 Å². The van der Waals surface area contributed by atoms with E-state index in [1.165, 1.54) is 5.69 Å². The molecule has 0 spiro atoms. The normalized spacial score (nSPS) is 14.2. The van der Waals surface area contributed by atoms with Crippen molar-refractivity contribution in [3.63, 3.8) is 0 Å². The topological polar surface area (TPSA) is 81.5 Å². The number of hydrogen-bond donors (Lipinski definition) is 1. The lowest BCUT2D eigenvalue weighted by atomic mass is 10.2. The van der Waals surface area contributed by atoms with E-state index < -0.39 is 0 Å². The zero-order valence-corrected chi connectivity index (χ0v) is 17.6. The predicted octanol–water partition coefficient (Wildman–Crippen LogP) is 2.12. The number of aryl methyl sites for hydroxylation is 3. The predicted molar refractivity (Wildman–Crippen MR) is 115 cm³/mol. The Hall–Kier alpha value is -3.13. The first-order valence-corrected chi connectivity index (χ1v) is 10.1. The summed E-state index contributed by atoms with van der Waals surface area (Å²) >= 11 is 0. The van der Waals surface area contributed by atoms with Crippen LogP contribution in [0, 0.1) is 13.8 Å². The van der Waals surface area contributed by atoms with Crippen LogP contribution in [0.1, 0.15) is 16.8 Å². The van der Waals surface area contributed by atoms with E-state index in [-0.39, 0.29) is 12.5 Å². The highest BCUT2D eigenvalue weighted by Crippen LogP contribution is 2.27. The van der Waals surface area contributed by atoms with Crippen molar-refractivity contribution in [1.82, 2.24) is 20.1 Å². The molecule has 1 fully saturated rings. The summed E-state index contributed by atoms with van der Waals surface area (Å²) in [5, 5.41) is 8.12. The van der Waals surface area contributed by atoms with Crippen molar-refractivity contribution in [1.29, 1.82) is 0 Å². The molecule has 3 heterocycles. The molecule has 2 aromatic heterocycles. The third-order valence-corrected chi connectivity index (χ3v) is 5.23. The van der Waals surface area contributed by atoms with E-state index in [2.05, 4.69) is 32.4 Å². The molecule has 1 aromatic carbocycles. The molecule has 1 amide bonds. The number of aromatic nitrogens is 3. The minimum absolute atomic E-state index is 0.0920. The second-order valence-corrected chi connectivity index (χ2v) is 7.54. The number of fused-ring (bicyclic) bond motifs is 1. The van der Waals surface area contributed by atoms with Gasteiger partial charge in [0.05, 0.1) is 18.6 Å². The maximum absolute atomic E-state index is 12.3. The molecule has 0 aliphatic carbocycles. The highest BCUT2D eigenvalue weighted by atomic mass is 16.5. The van der Waals surface area contributed by atoms with Crippen molar-refractivity contribution >= 4 is 22.6 Å². The van der Waals surface area contributed by atoms with Gasteiger partial charge in [0, 0.05) is 38.1 Å². The Morgan fingerprint density at radius 1 is 1.20 bits per heavy atom. The molecule has 8 nitrogen and oxygen atoms in total. The summed E-state index contributed by atoms with van der Waals surface area (Å²) < 4.78 is 12.8. The molecule has 0 saturated carbocycles. The number of ether oxygens (including phenoxy) is 2. The largest absolute Gasteiger partial charge is 0.466 e. The van der Waals surface area contributed by atoms with Gasteiger partial charge in [-0.05, 0) is 43.2 Å². The fraction of sp³-hybridized carbons (Fsp3) is 0.409. The van der Waals surface area contributed by atoms with E-state index >= 15 is 0 Å². The van der Waals surface area contributed by atoms with Gasteiger partial charge < -0.3 is 19.7 Å². The molecular formula is C22H27N5O3. The summed E-state index contributed by atoms with van der Waals surface area (Å²) in [6.45, 7) is 7.64. The smallest absolute Gasteiger partial charge is 0.258 e. The van der Waals surface area contributed by atoms with E-state index in [1.54, 1.807) is 4.68 Å². The zero-order valence-electron chi connectivity index (χ0n) is 17.6. The molecule has 8 heteroatoms. The third kappa shape index (κ3) is 4.38. The second kappa shape index (κ2) is 8.71. The Morgan fingerprint density at radius 2 is 1.93 bits per heavy atom. The van der Waals surface area contributed by atoms with Crippen molar-refractivity contribution in [3.8, 4) is 5.88 Å². The quantitative estimate of drug-likeness (QED) is 0.672. The summed E-state index contributed by atoms with van der Waals surface area (Å²) in [5.41, 5.74) is 4.92. The molecular weight excluding hydrogens is 382 g/mol. The number of anilines is 1. The first-order chi connectivity index (χ1) is 14.5. The summed E-state index contributed by atoms with van der Waals surface area (Å²) in [5.74, 6) is 0.242. The van der Waals surface area contributed by atoms with Gasteiger partial charge in [0.15, 0.2) is 12.3 Å². The number of amides is 1. The average molecular weight is 409 g/mol. The molecule has 1 N–H and O–H groups in total. The van der Waals surface area contributed by atoms with Gasteiger partial charge in [0.1, 0.15) is 0 Å². The summed E-state index contributed by atoms with van der Waals surface area (Å²) in [6.07, 6.45) is 0. The van der Waals surface area contributed by atoms with Crippen LogP contribution in [0.15, 0.2) is 30.3 Å². The third-order valence-electron chi connectivity index (χ3n) is 5.23. The van der Waals surface area contributed by atoms with Gasteiger partial charge in [-0.25, -0.2) is 9.67 Å². The van der Waals surface area contributed by atoms with Crippen LogP contribution in [0.3, 0.4) is 0 Å². The number of carbonyl (C=O) groups is 1. The molecule has 0 bridgehead atoms. The molecule has 3 aromatic rings. The van der Waals surface area contributed by atoms with Crippen molar-refractivity contribution < 1.29 is 14.3 Å². The summed E-state index contributed by atoms with van der Waals surface area (Å²) in [7, 11) is 1.82. The number of nitrogens with one attached hydrogen (secondary N) is 1. The first kappa shape index (κ1) is 20.2. The maximum atomic E-state index is 12.3. The molecule has 0 atom stereocenters. The van der Waals surface area contributed by atoms with E-state index in [4.69, 9.17) is 9.47 Å². The lowest BCUT2D eigenvalue weighted by Crippen LogP contribution is -2.36. The average Bonchev–Trinajstić information content (AvgIpc) is 3.07. The standard InChI is InChI=1S/C22H27N5O3/c1-15-12-16(2)24-21-20(15)22(25-26(21)3)30-14-19(28)23-13-17-4-6-18(7-5-17)27-8-10-29-11-9-27/h4-7,12H,8-11,13-14H2,1-3H3,(H,23,28). The number of morpholine rings is 1. The Kier molecular flexibility index (Phi) is 5.85. The number of hydrogen-bond acceptors (Lipinski definition) is 6. The van der Waals surface area contributed by atoms with Crippen LogP contribution in [0.4, 0.5) is 5.69 Å². The Morgan fingerprint density at radius 3 is 2.67 bits per heavy atom. The highest BCUT2D eigenvalue weighted by Gasteiger charge is 2.16. The van der Waals surface area contributed by atoms with Crippen LogP contribution >= 0.6 is 0 Å². The SMILES string of the molecule is Cc1cc(C)c2c(OCC(=O)NCc3ccc(N4CCOCC4)cc3)nn(C)c2n1. The lowest BCUT2D eigenvalue weighted by Gasteiger charge is -2.28. The van der Waals surface area contributed by atoms with E-state index in [0.29, 0.717) is 12.4 Å². The fourth-order valence-corrected chi connectivity index (χ4v) is 3.68. The number of pyridine rings is 1. The minimum Gasteiger partial charge on any atom is -0.466 e. The molecule has 1 saturated heterocycles. The van der Waals surface area contributed by atoms with Crippen LogP contribution in [0.25, 0.3) is 11.0 Å². The van der Waals surface area contributed by atoms with Gasteiger partial charge in [0.25, 0.3) is 5.91 Å². The molecule has 30 heavy (non-hydrogen) atoms. The van der Waals surface area contributed by atoms with Gasteiger partial charge in [-0.1, -0.05) is 12.1 Å². The highest BCUT2D eigenvalue weighted by molar-refractivity contribution is 5.85. The fourth-order valence-electron chi connectivity index (χ4n) is 3.68. The van der Waals surface area contributed by atoms with Crippen molar-refractivity contribution in [2.24, 2.45) is 7.05 Å². The van der Waals surface area contributed by atoms with Gasteiger partial charge in [-0.2, -0.15) is 0 Å². The van der Waals surface area contributed by atoms with Crippen LogP contribution in [-0.2, 0) is 23.1 Å². The Balaban J connectivity index is 1.32. The number of rotatable bonds is 6. The van der Waals surface area contributed by atoms with Crippen molar-refractivity contribution in [2.75, 3.05) is 37.8 Å². The van der Waals surface area contributed by atoms with E-state index in [0.717, 1.165) is 54.2 Å². The molecule has 158 valence electrons. The summed E-state index contributed by atoms with van der Waals surface area (Å²) in [6, 6.07) is 10.2. The molecule has 0 unspecified atom stereocenters. The Bertz CT molecular complexity index is 1040. The van der Waals surface area contributed by atoms with Gasteiger partial charge >= 0.3 is 0 Å². The number of benzene rings is 1. The van der Waals surface area contributed by atoms with Crippen LogP contribution in [-0.4, -0.2) is 53.6 Å². The zero-order chi connectivity index (χ0) is 21.1. The summed E-state index contributed by atoms with van der Waals surface area (Å²) in [4.78, 5) is 19.1. The first-order valence-electron chi connectivity index (χ1n) is 10.1. The van der Waals surface area contributed by atoms with Gasteiger partial charge in [-0.15, -0.1) is 5.10 Å². The lowest BCUT2D eigenvalue weighted by molar-refractivity contribution is -0.123. The number of nitrogens with zero attached hydrogens (tertiary/aromatic N) is 4. The number of carbonyl (C=O) groups excluding carboxylic acids is 1. The van der Waals surface area contributed by atoms with Crippen LogP contribution < -0.4 is 15.0 Å². The van der Waals surface area contributed by atoms with Gasteiger partial charge in [0.2, 0.25) is 5.88 Å². The second-order valence-electron chi connectivity index (χ2n) is 7.54. The van der Waals surface area contributed by atoms with E-state index in [1.807, 2.05) is 39.1 Å².